The van der Waals surface area contributed by atoms with E-state index in [4.69, 9.17) is 5.73 Å². The van der Waals surface area contributed by atoms with Gasteiger partial charge in [0.25, 0.3) is 0 Å². The molecule has 3 N–H and O–H groups in total. The van der Waals surface area contributed by atoms with Crippen molar-refractivity contribution in [2.24, 2.45) is 5.73 Å². The van der Waals surface area contributed by atoms with Gasteiger partial charge in [-0.3, -0.25) is 0 Å². The second-order valence-electron chi connectivity index (χ2n) is 2.77. The molecule has 1 atom stereocenters. The molecule has 1 unspecified atom stereocenters. The van der Waals surface area contributed by atoms with E-state index in [0.717, 1.165) is 0 Å². The third-order valence-electron chi connectivity index (χ3n) is 1.54. The van der Waals surface area contributed by atoms with Crippen molar-refractivity contribution in [2.45, 2.75) is 13.0 Å². The van der Waals surface area contributed by atoms with Gasteiger partial charge in [0.1, 0.15) is 0 Å². The SMILES string of the molecule is CC(CN)Nc1ncc(Br)cc1F. The number of hydrogen-bond acceptors (Lipinski definition) is 3. The van der Waals surface area contributed by atoms with Crippen LogP contribution in [0.3, 0.4) is 0 Å². The van der Waals surface area contributed by atoms with Gasteiger partial charge in [-0.05, 0) is 28.9 Å². The number of aromatic nitrogens is 1. The van der Waals surface area contributed by atoms with Crippen molar-refractivity contribution in [3.05, 3.63) is 22.6 Å². The smallest absolute Gasteiger partial charge is 0.166 e. The van der Waals surface area contributed by atoms with Crippen LogP contribution < -0.4 is 11.1 Å². The number of nitrogens with zero attached hydrogens (tertiary/aromatic N) is 1. The molecule has 13 heavy (non-hydrogen) atoms. The molecule has 1 aromatic heterocycles. The highest BCUT2D eigenvalue weighted by molar-refractivity contribution is 9.10. The second-order valence-corrected chi connectivity index (χ2v) is 3.68. The maximum absolute atomic E-state index is 13.2. The monoisotopic (exact) mass is 247 g/mol. The van der Waals surface area contributed by atoms with Gasteiger partial charge in [0, 0.05) is 23.3 Å². The van der Waals surface area contributed by atoms with Crippen molar-refractivity contribution in [3.63, 3.8) is 0 Å². The highest BCUT2D eigenvalue weighted by Crippen LogP contribution is 2.16. The molecule has 0 saturated carbocycles. The molecule has 0 saturated heterocycles. The summed E-state index contributed by atoms with van der Waals surface area (Å²) in [4.78, 5) is 3.88. The molecule has 0 amide bonds. The molecular weight excluding hydrogens is 237 g/mol. The highest BCUT2D eigenvalue weighted by Gasteiger charge is 2.06. The van der Waals surface area contributed by atoms with Crippen molar-refractivity contribution in [1.82, 2.24) is 4.98 Å². The van der Waals surface area contributed by atoms with Gasteiger partial charge in [-0.25, -0.2) is 9.37 Å². The van der Waals surface area contributed by atoms with Gasteiger partial charge in [0.05, 0.1) is 0 Å². The van der Waals surface area contributed by atoms with Crippen LogP contribution in [0.2, 0.25) is 0 Å². The van der Waals surface area contributed by atoms with Crippen LogP contribution in [0.1, 0.15) is 6.92 Å². The molecule has 1 heterocycles. The molecule has 72 valence electrons. The first kappa shape index (κ1) is 10.4. The summed E-state index contributed by atoms with van der Waals surface area (Å²) in [5.74, 6) is -0.143. The molecule has 0 fully saturated rings. The van der Waals surface area contributed by atoms with E-state index < -0.39 is 0 Å². The average Bonchev–Trinajstić information content (AvgIpc) is 2.09. The molecule has 0 aliphatic rings. The molecule has 0 aromatic carbocycles. The quantitative estimate of drug-likeness (QED) is 0.856. The summed E-state index contributed by atoms with van der Waals surface area (Å²) in [6.45, 7) is 2.31. The van der Waals surface area contributed by atoms with Gasteiger partial charge in [-0.15, -0.1) is 0 Å². The van der Waals surface area contributed by atoms with Gasteiger partial charge in [-0.2, -0.15) is 0 Å². The van der Waals surface area contributed by atoms with E-state index in [1.807, 2.05) is 6.92 Å². The van der Waals surface area contributed by atoms with E-state index in [9.17, 15) is 4.39 Å². The Morgan fingerprint density at radius 2 is 2.46 bits per heavy atom. The molecule has 0 aliphatic heterocycles. The van der Waals surface area contributed by atoms with Crippen molar-refractivity contribution in [1.29, 1.82) is 0 Å². The Labute approximate surface area is 84.7 Å². The molecule has 5 heteroatoms. The molecule has 3 nitrogen and oxygen atoms in total. The zero-order chi connectivity index (χ0) is 9.84. The first-order valence-electron chi connectivity index (χ1n) is 3.91. The molecule has 1 rings (SSSR count). The van der Waals surface area contributed by atoms with Crippen LogP contribution in [0.5, 0.6) is 0 Å². The Kier molecular flexibility index (Phi) is 3.62. The number of pyridine rings is 1. The summed E-state index contributed by atoms with van der Waals surface area (Å²) in [6.07, 6.45) is 1.54. The van der Waals surface area contributed by atoms with Crippen molar-refractivity contribution in [3.8, 4) is 0 Å². The summed E-state index contributed by atoms with van der Waals surface area (Å²) >= 11 is 3.12. The van der Waals surface area contributed by atoms with E-state index in [2.05, 4.69) is 26.2 Å². The van der Waals surface area contributed by atoms with Crippen LogP contribution in [0, 0.1) is 5.82 Å². The molecule has 1 aromatic rings. The summed E-state index contributed by atoms with van der Waals surface area (Å²) in [7, 11) is 0. The van der Waals surface area contributed by atoms with Gasteiger partial charge in [-0.1, -0.05) is 0 Å². The van der Waals surface area contributed by atoms with E-state index in [1.54, 1.807) is 0 Å². The Balaban J connectivity index is 2.77. The fourth-order valence-electron chi connectivity index (χ4n) is 0.813. The summed E-state index contributed by atoms with van der Waals surface area (Å²) in [5.41, 5.74) is 5.38. The molecule has 0 radical (unpaired) electrons. The molecule has 0 bridgehead atoms. The number of nitrogens with two attached hydrogens (primary N) is 1. The summed E-state index contributed by atoms with van der Waals surface area (Å²) in [6, 6.07) is 1.38. The largest absolute Gasteiger partial charge is 0.364 e. The van der Waals surface area contributed by atoms with E-state index in [0.29, 0.717) is 11.0 Å². The molecular formula is C8H11BrFN3. The molecule has 0 spiro atoms. The number of rotatable bonds is 3. The maximum atomic E-state index is 13.2. The highest BCUT2D eigenvalue weighted by atomic mass is 79.9. The standard InChI is InChI=1S/C8H11BrFN3/c1-5(3-11)13-8-7(10)2-6(9)4-12-8/h2,4-5H,3,11H2,1H3,(H,12,13). The Hall–Kier alpha value is -0.680. The number of anilines is 1. The molecule has 0 aliphatic carbocycles. The zero-order valence-corrected chi connectivity index (χ0v) is 8.81. The second kappa shape index (κ2) is 4.53. The third kappa shape index (κ3) is 2.93. The minimum Gasteiger partial charge on any atom is -0.364 e. The lowest BCUT2D eigenvalue weighted by molar-refractivity contribution is 0.619. The third-order valence-corrected chi connectivity index (χ3v) is 1.98. The lowest BCUT2D eigenvalue weighted by atomic mass is 10.3. The lowest BCUT2D eigenvalue weighted by Crippen LogP contribution is -2.26. The van der Waals surface area contributed by atoms with E-state index in [-0.39, 0.29) is 17.7 Å². The number of hydrogen-bond donors (Lipinski definition) is 2. The van der Waals surface area contributed by atoms with Gasteiger partial charge < -0.3 is 11.1 Å². The van der Waals surface area contributed by atoms with Crippen LogP contribution in [-0.4, -0.2) is 17.6 Å². The maximum Gasteiger partial charge on any atom is 0.166 e. The minimum absolute atomic E-state index is 0.0168. The number of halogens is 2. The van der Waals surface area contributed by atoms with Gasteiger partial charge in [0.15, 0.2) is 11.6 Å². The van der Waals surface area contributed by atoms with Crippen LogP contribution in [0.25, 0.3) is 0 Å². The summed E-state index contributed by atoms with van der Waals surface area (Å²) in [5, 5.41) is 2.86. The van der Waals surface area contributed by atoms with Crippen LogP contribution in [-0.2, 0) is 0 Å². The van der Waals surface area contributed by atoms with Crippen LogP contribution in [0.15, 0.2) is 16.7 Å². The van der Waals surface area contributed by atoms with Crippen molar-refractivity contribution in [2.75, 3.05) is 11.9 Å². The predicted octanol–water partition coefficient (Wildman–Crippen LogP) is 1.74. The van der Waals surface area contributed by atoms with Gasteiger partial charge >= 0.3 is 0 Å². The first-order valence-corrected chi connectivity index (χ1v) is 4.70. The average molecular weight is 248 g/mol. The summed E-state index contributed by atoms with van der Waals surface area (Å²) < 4.78 is 13.8. The van der Waals surface area contributed by atoms with E-state index >= 15 is 0 Å². The normalized spacial score (nSPS) is 12.6. The fraction of sp³-hybridized carbons (Fsp3) is 0.375. The number of nitrogens with one attached hydrogen (secondary N) is 1. The Morgan fingerprint density at radius 1 is 1.77 bits per heavy atom. The predicted molar refractivity (Wildman–Crippen MR) is 54.0 cm³/mol. The van der Waals surface area contributed by atoms with E-state index in [1.165, 1.54) is 12.3 Å². The minimum atomic E-state index is -0.380. The Morgan fingerprint density at radius 3 is 3.00 bits per heavy atom. The van der Waals surface area contributed by atoms with Gasteiger partial charge in [0.2, 0.25) is 0 Å². The Bertz CT molecular complexity index is 293. The van der Waals surface area contributed by atoms with Crippen molar-refractivity contribution >= 4 is 21.7 Å². The topological polar surface area (TPSA) is 50.9 Å². The fourth-order valence-corrected chi connectivity index (χ4v) is 1.12. The zero-order valence-electron chi connectivity index (χ0n) is 7.22. The van der Waals surface area contributed by atoms with Crippen LogP contribution >= 0.6 is 15.9 Å². The first-order chi connectivity index (χ1) is 6.13. The lowest BCUT2D eigenvalue weighted by Gasteiger charge is -2.12. The van der Waals surface area contributed by atoms with Crippen molar-refractivity contribution < 1.29 is 4.39 Å². The van der Waals surface area contributed by atoms with Crippen LogP contribution in [0.4, 0.5) is 10.2 Å².